The number of pyridine rings is 1. The molecule has 166 valence electrons. The highest BCUT2D eigenvalue weighted by molar-refractivity contribution is 5.92. The first-order valence-corrected chi connectivity index (χ1v) is 10.4. The van der Waals surface area contributed by atoms with E-state index in [1.807, 2.05) is 24.3 Å². The predicted octanol–water partition coefficient (Wildman–Crippen LogP) is 4.56. The van der Waals surface area contributed by atoms with Crippen molar-refractivity contribution in [2.45, 2.75) is 25.8 Å². The molecule has 1 amide bonds. The molecule has 3 aromatic rings. The molecule has 0 aliphatic rings. The van der Waals surface area contributed by atoms with Gasteiger partial charge in [-0.05, 0) is 43.5 Å². The molecule has 1 atom stereocenters. The Morgan fingerprint density at radius 1 is 1.25 bits per heavy atom. The molecule has 2 aromatic carbocycles. The standard InChI is InChI=1S/C24H26N4O4/c1-17(27-22-16-21(32-2)15-19-8-5-13-26-24(19)22)6-4-12-25-23(29)11-10-18-7-3-9-20(14-18)28(30)31/h3,5,7-11,13-17,27H,4,6,12H2,1-2H3,(H,25,29)/b11-10+. The number of amides is 1. The highest BCUT2D eigenvalue weighted by Crippen LogP contribution is 2.28. The van der Waals surface area contributed by atoms with Crippen LogP contribution in [-0.4, -0.2) is 35.5 Å². The number of hydrogen-bond acceptors (Lipinski definition) is 6. The number of carbonyl (C=O) groups is 1. The number of aromatic nitrogens is 1. The van der Waals surface area contributed by atoms with Gasteiger partial charge in [0, 0.05) is 48.4 Å². The number of nitro benzene ring substituents is 1. The third-order valence-electron chi connectivity index (χ3n) is 4.94. The molecule has 0 aliphatic carbocycles. The summed E-state index contributed by atoms with van der Waals surface area (Å²) in [6.07, 6.45) is 6.35. The molecular formula is C24H26N4O4. The molecule has 3 rings (SSSR count). The summed E-state index contributed by atoms with van der Waals surface area (Å²) < 4.78 is 5.39. The molecule has 0 saturated heterocycles. The van der Waals surface area contributed by atoms with E-state index >= 15 is 0 Å². The Labute approximate surface area is 186 Å². The molecule has 8 heteroatoms. The van der Waals surface area contributed by atoms with Gasteiger partial charge >= 0.3 is 0 Å². The van der Waals surface area contributed by atoms with E-state index in [-0.39, 0.29) is 17.6 Å². The first kappa shape index (κ1) is 22.7. The van der Waals surface area contributed by atoms with Gasteiger partial charge in [0.15, 0.2) is 0 Å². The van der Waals surface area contributed by atoms with Crippen molar-refractivity contribution in [2.75, 3.05) is 19.0 Å². The Bertz CT molecular complexity index is 1130. The maximum atomic E-state index is 12.0. The van der Waals surface area contributed by atoms with Crippen molar-refractivity contribution in [3.63, 3.8) is 0 Å². The number of hydrogen-bond donors (Lipinski definition) is 2. The Morgan fingerprint density at radius 2 is 2.09 bits per heavy atom. The van der Waals surface area contributed by atoms with Gasteiger partial charge in [0.05, 0.1) is 23.2 Å². The van der Waals surface area contributed by atoms with E-state index in [0.29, 0.717) is 12.1 Å². The quantitative estimate of drug-likeness (QED) is 0.210. The average molecular weight is 434 g/mol. The molecule has 1 unspecified atom stereocenters. The van der Waals surface area contributed by atoms with Crippen molar-refractivity contribution in [3.05, 3.63) is 76.5 Å². The molecule has 0 spiro atoms. The second kappa shape index (κ2) is 10.9. The lowest BCUT2D eigenvalue weighted by Gasteiger charge is -2.17. The number of methoxy groups -OCH3 is 1. The fourth-order valence-corrected chi connectivity index (χ4v) is 3.32. The van der Waals surface area contributed by atoms with Crippen LogP contribution < -0.4 is 15.4 Å². The molecule has 32 heavy (non-hydrogen) atoms. The summed E-state index contributed by atoms with van der Waals surface area (Å²) in [5.74, 6) is 0.531. The predicted molar refractivity (Wildman–Crippen MR) is 126 cm³/mol. The van der Waals surface area contributed by atoms with E-state index in [2.05, 4.69) is 22.5 Å². The van der Waals surface area contributed by atoms with Crippen molar-refractivity contribution < 1.29 is 14.5 Å². The fraction of sp³-hybridized carbons (Fsp3) is 0.250. The number of carbonyl (C=O) groups excluding carboxylic acids is 1. The van der Waals surface area contributed by atoms with Crippen molar-refractivity contribution in [1.29, 1.82) is 0 Å². The maximum absolute atomic E-state index is 12.0. The SMILES string of the molecule is COc1cc(NC(C)CCCNC(=O)/C=C/c2cccc([N+](=O)[O-])c2)c2ncccc2c1. The van der Waals surface area contributed by atoms with Crippen LogP contribution in [0.3, 0.4) is 0 Å². The number of nitrogens with one attached hydrogen (secondary N) is 2. The van der Waals surface area contributed by atoms with Gasteiger partial charge in [-0.1, -0.05) is 18.2 Å². The Hall–Kier alpha value is -3.94. The minimum Gasteiger partial charge on any atom is -0.497 e. The first-order valence-electron chi connectivity index (χ1n) is 10.4. The topological polar surface area (TPSA) is 106 Å². The zero-order valence-electron chi connectivity index (χ0n) is 18.1. The van der Waals surface area contributed by atoms with Gasteiger partial charge in [0.25, 0.3) is 5.69 Å². The zero-order chi connectivity index (χ0) is 22.9. The second-order valence-corrected chi connectivity index (χ2v) is 7.41. The van der Waals surface area contributed by atoms with Crippen LogP contribution in [0.1, 0.15) is 25.3 Å². The van der Waals surface area contributed by atoms with E-state index in [1.54, 1.807) is 31.5 Å². The number of rotatable bonds is 10. The summed E-state index contributed by atoms with van der Waals surface area (Å²) in [7, 11) is 1.64. The lowest BCUT2D eigenvalue weighted by Crippen LogP contribution is -2.24. The van der Waals surface area contributed by atoms with Gasteiger partial charge in [-0.2, -0.15) is 0 Å². The molecule has 0 aliphatic heterocycles. The minimum atomic E-state index is -0.461. The second-order valence-electron chi connectivity index (χ2n) is 7.41. The van der Waals surface area contributed by atoms with Crippen LogP contribution >= 0.6 is 0 Å². The van der Waals surface area contributed by atoms with E-state index in [0.717, 1.165) is 35.2 Å². The number of nitro groups is 1. The summed E-state index contributed by atoms with van der Waals surface area (Å²) in [4.78, 5) is 26.8. The van der Waals surface area contributed by atoms with Gasteiger partial charge in [-0.15, -0.1) is 0 Å². The van der Waals surface area contributed by atoms with Gasteiger partial charge in [0.2, 0.25) is 5.91 Å². The summed E-state index contributed by atoms with van der Waals surface area (Å²) in [5.41, 5.74) is 2.40. The lowest BCUT2D eigenvalue weighted by atomic mass is 10.1. The first-order chi connectivity index (χ1) is 15.5. The van der Waals surface area contributed by atoms with Crippen LogP contribution in [0, 0.1) is 10.1 Å². The average Bonchev–Trinajstić information content (AvgIpc) is 2.80. The molecular weight excluding hydrogens is 408 g/mol. The van der Waals surface area contributed by atoms with Gasteiger partial charge in [-0.25, -0.2) is 0 Å². The lowest BCUT2D eigenvalue weighted by molar-refractivity contribution is -0.384. The molecule has 0 radical (unpaired) electrons. The normalized spacial score (nSPS) is 11.9. The monoisotopic (exact) mass is 434 g/mol. The zero-order valence-corrected chi connectivity index (χ0v) is 18.1. The van der Waals surface area contributed by atoms with Crippen molar-refractivity contribution in [1.82, 2.24) is 10.3 Å². The number of non-ortho nitro benzene ring substituents is 1. The summed E-state index contributed by atoms with van der Waals surface area (Å²) in [5, 5.41) is 18.1. The highest BCUT2D eigenvalue weighted by atomic mass is 16.6. The molecule has 0 bridgehead atoms. The molecule has 1 aromatic heterocycles. The van der Waals surface area contributed by atoms with Crippen LogP contribution in [0.25, 0.3) is 17.0 Å². The van der Waals surface area contributed by atoms with Gasteiger partial charge in [-0.3, -0.25) is 19.9 Å². The summed E-state index contributed by atoms with van der Waals surface area (Å²) in [6, 6.07) is 14.1. The highest BCUT2D eigenvalue weighted by Gasteiger charge is 2.09. The molecule has 8 nitrogen and oxygen atoms in total. The van der Waals surface area contributed by atoms with Crippen molar-refractivity contribution >= 4 is 34.3 Å². The Kier molecular flexibility index (Phi) is 7.75. The number of nitrogens with zero attached hydrogens (tertiary/aromatic N) is 2. The van der Waals surface area contributed by atoms with Crippen LogP contribution in [0.4, 0.5) is 11.4 Å². The van der Waals surface area contributed by atoms with E-state index in [4.69, 9.17) is 4.74 Å². The molecule has 1 heterocycles. The number of fused-ring (bicyclic) bond motifs is 1. The third kappa shape index (κ3) is 6.28. The molecule has 2 N–H and O–H groups in total. The van der Waals surface area contributed by atoms with Crippen molar-refractivity contribution in [2.24, 2.45) is 0 Å². The Morgan fingerprint density at radius 3 is 2.88 bits per heavy atom. The van der Waals surface area contributed by atoms with Gasteiger partial charge < -0.3 is 15.4 Å². The van der Waals surface area contributed by atoms with E-state index in [1.165, 1.54) is 18.2 Å². The minimum absolute atomic E-state index is 0.00643. The fourth-order valence-electron chi connectivity index (χ4n) is 3.32. The summed E-state index contributed by atoms with van der Waals surface area (Å²) >= 11 is 0. The number of benzene rings is 2. The largest absolute Gasteiger partial charge is 0.497 e. The van der Waals surface area contributed by atoms with Crippen LogP contribution in [0.15, 0.2) is 60.8 Å². The van der Waals surface area contributed by atoms with Gasteiger partial charge in [0.1, 0.15) is 5.75 Å². The van der Waals surface area contributed by atoms with E-state index in [9.17, 15) is 14.9 Å². The van der Waals surface area contributed by atoms with Crippen molar-refractivity contribution in [3.8, 4) is 5.75 Å². The van der Waals surface area contributed by atoms with Crippen LogP contribution in [-0.2, 0) is 4.79 Å². The number of anilines is 1. The van der Waals surface area contributed by atoms with Crippen LogP contribution in [0.2, 0.25) is 0 Å². The third-order valence-corrected chi connectivity index (χ3v) is 4.94. The van der Waals surface area contributed by atoms with E-state index < -0.39 is 4.92 Å². The van der Waals surface area contributed by atoms with Crippen LogP contribution in [0.5, 0.6) is 5.75 Å². The smallest absolute Gasteiger partial charge is 0.270 e. The Balaban J connectivity index is 1.47. The molecule has 0 saturated carbocycles. The number of ether oxygens (including phenoxy) is 1. The molecule has 0 fully saturated rings. The summed E-state index contributed by atoms with van der Waals surface area (Å²) in [6.45, 7) is 2.61. The maximum Gasteiger partial charge on any atom is 0.270 e.